The molecule has 4 rings (SSSR count). The molecular weight excluding hydrogens is 353 g/mol. The molecule has 1 saturated heterocycles. The molecule has 0 aliphatic carbocycles. The molecule has 0 atom stereocenters. The number of piperazine rings is 1. The van der Waals surface area contributed by atoms with Crippen molar-refractivity contribution >= 4 is 16.7 Å². The van der Waals surface area contributed by atoms with E-state index in [-0.39, 0.29) is 0 Å². The van der Waals surface area contributed by atoms with Gasteiger partial charge in [-0.05, 0) is 42.9 Å². The summed E-state index contributed by atoms with van der Waals surface area (Å²) in [6, 6.07) is 13.0. The number of hydrogen-bond acceptors (Lipinski definition) is 3. The first-order valence-corrected chi connectivity index (χ1v) is 9.10. The monoisotopic (exact) mass is 374 g/mol. The lowest BCUT2D eigenvalue weighted by Gasteiger charge is -2.34. The standard InChI is InChI=1S/C20H21F3N4/c1-2-25-11-13-26(14-12-25)19-17-5-3-4-6-18(17)27(24-19)16-9-7-15(8-10-16)20(21,22)23/h3-10H,2,11-14H2,1H3. The van der Waals surface area contributed by atoms with Gasteiger partial charge in [-0.2, -0.15) is 13.2 Å². The normalized spacial score (nSPS) is 16.2. The van der Waals surface area contributed by atoms with Gasteiger partial charge in [-0.1, -0.05) is 19.1 Å². The maximum atomic E-state index is 12.8. The van der Waals surface area contributed by atoms with Crippen LogP contribution in [0.25, 0.3) is 16.6 Å². The van der Waals surface area contributed by atoms with Crippen LogP contribution in [0.3, 0.4) is 0 Å². The molecule has 0 N–H and O–H groups in total. The molecule has 0 unspecified atom stereocenters. The number of anilines is 1. The molecular formula is C20H21F3N4. The summed E-state index contributed by atoms with van der Waals surface area (Å²) >= 11 is 0. The van der Waals surface area contributed by atoms with Crippen LogP contribution in [0.2, 0.25) is 0 Å². The van der Waals surface area contributed by atoms with Gasteiger partial charge in [0.2, 0.25) is 0 Å². The fourth-order valence-corrected chi connectivity index (χ4v) is 3.55. The highest BCUT2D eigenvalue weighted by Gasteiger charge is 2.30. The molecule has 27 heavy (non-hydrogen) atoms. The fraction of sp³-hybridized carbons (Fsp3) is 0.350. The molecule has 7 heteroatoms. The van der Waals surface area contributed by atoms with E-state index in [9.17, 15) is 13.2 Å². The number of likely N-dealkylation sites (N-methyl/N-ethyl adjacent to an activating group) is 1. The molecule has 1 aliphatic rings. The molecule has 142 valence electrons. The van der Waals surface area contributed by atoms with Gasteiger partial charge in [-0.3, -0.25) is 0 Å². The summed E-state index contributed by atoms with van der Waals surface area (Å²) in [5, 5.41) is 5.78. The number of para-hydroxylation sites is 1. The number of benzene rings is 2. The summed E-state index contributed by atoms with van der Waals surface area (Å²) in [6.45, 7) is 6.94. The van der Waals surface area contributed by atoms with Crippen molar-refractivity contribution in [3.8, 4) is 5.69 Å². The zero-order chi connectivity index (χ0) is 19.0. The number of alkyl halides is 3. The second kappa shape index (κ2) is 6.88. The Kier molecular flexibility index (Phi) is 4.55. The smallest absolute Gasteiger partial charge is 0.352 e. The van der Waals surface area contributed by atoms with E-state index in [1.54, 1.807) is 4.68 Å². The summed E-state index contributed by atoms with van der Waals surface area (Å²) in [7, 11) is 0. The van der Waals surface area contributed by atoms with Crippen molar-refractivity contribution in [2.75, 3.05) is 37.6 Å². The highest BCUT2D eigenvalue weighted by atomic mass is 19.4. The molecule has 0 spiro atoms. The van der Waals surface area contributed by atoms with Crippen LogP contribution in [-0.2, 0) is 6.18 Å². The first kappa shape index (κ1) is 17.9. The first-order valence-electron chi connectivity index (χ1n) is 9.10. The van der Waals surface area contributed by atoms with Crippen LogP contribution in [0, 0.1) is 0 Å². The van der Waals surface area contributed by atoms with Crippen LogP contribution >= 0.6 is 0 Å². The van der Waals surface area contributed by atoms with E-state index in [1.807, 2.05) is 24.3 Å². The SMILES string of the molecule is CCN1CCN(c2nn(-c3ccc(C(F)(F)F)cc3)c3ccccc23)CC1. The maximum absolute atomic E-state index is 12.8. The lowest BCUT2D eigenvalue weighted by molar-refractivity contribution is -0.137. The highest BCUT2D eigenvalue weighted by Crippen LogP contribution is 2.32. The molecule has 1 fully saturated rings. The molecule has 1 aliphatic heterocycles. The number of nitrogens with zero attached hydrogens (tertiary/aromatic N) is 4. The Balaban J connectivity index is 1.72. The third-order valence-corrected chi connectivity index (χ3v) is 5.13. The van der Waals surface area contributed by atoms with E-state index in [0.29, 0.717) is 5.69 Å². The lowest BCUT2D eigenvalue weighted by Crippen LogP contribution is -2.46. The van der Waals surface area contributed by atoms with Crippen molar-refractivity contribution in [1.82, 2.24) is 14.7 Å². The van der Waals surface area contributed by atoms with Crippen molar-refractivity contribution < 1.29 is 13.2 Å². The van der Waals surface area contributed by atoms with E-state index in [1.165, 1.54) is 12.1 Å². The van der Waals surface area contributed by atoms with Gasteiger partial charge in [0.15, 0.2) is 5.82 Å². The Morgan fingerprint density at radius 1 is 0.926 bits per heavy atom. The molecule has 4 nitrogen and oxygen atoms in total. The van der Waals surface area contributed by atoms with Gasteiger partial charge in [0, 0.05) is 31.6 Å². The average Bonchev–Trinajstić information content (AvgIpc) is 3.07. The van der Waals surface area contributed by atoms with Gasteiger partial charge in [0.1, 0.15) is 0 Å². The summed E-state index contributed by atoms with van der Waals surface area (Å²) in [5.74, 6) is 0.890. The lowest BCUT2D eigenvalue weighted by atomic mass is 10.2. The topological polar surface area (TPSA) is 24.3 Å². The number of rotatable bonds is 3. The third kappa shape index (κ3) is 3.39. The van der Waals surface area contributed by atoms with Crippen LogP contribution in [0.1, 0.15) is 12.5 Å². The van der Waals surface area contributed by atoms with Crippen molar-refractivity contribution in [2.45, 2.75) is 13.1 Å². The van der Waals surface area contributed by atoms with Gasteiger partial charge < -0.3 is 9.80 Å². The second-order valence-electron chi connectivity index (χ2n) is 6.72. The molecule has 2 heterocycles. The van der Waals surface area contributed by atoms with Gasteiger partial charge in [-0.25, -0.2) is 4.68 Å². The minimum absolute atomic E-state index is 0.623. The van der Waals surface area contributed by atoms with Crippen LogP contribution in [0.15, 0.2) is 48.5 Å². The minimum Gasteiger partial charge on any atom is -0.352 e. The van der Waals surface area contributed by atoms with E-state index in [2.05, 4.69) is 16.7 Å². The molecule has 1 aromatic heterocycles. The number of aromatic nitrogens is 2. The Bertz CT molecular complexity index is 923. The van der Waals surface area contributed by atoms with Crippen molar-refractivity contribution in [3.05, 3.63) is 54.1 Å². The second-order valence-corrected chi connectivity index (χ2v) is 6.72. The van der Waals surface area contributed by atoms with Crippen molar-refractivity contribution in [3.63, 3.8) is 0 Å². The Morgan fingerprint density at radius 2 is 1.59 bits per heavy atom. The first-order chi connectivity index (χ1) is 13.0. The Morgan fingerprint density at radius 3 is 2.22 bits per heavy atom. The van der Waals surface area contributed by atoms with Crippen LogP contribution in [0.4, 0.5) is 19.0 Å². The molecule has 0 bridgehead atoms. The van der Waals surface area contributed by atoms with Crippen LogP contribution in [0.5, 0.6) is 0 Å². The van der Waals surface area contributed by atoms with Crippen LogP contribution < -0.4 is 4.90 Å². The van der Waals surface area contributed by atoms with E-state index in [4.69, 9.17) is 5.10 Å². The van der Waals surface area contributed by atoms with Crippen molar-refractivity contribution in [1.29, 1.82) is 0 Å². The fourth-order valence-electron chi connectivity index (χ4n) is 3.55. The number of halogens is 3. The minimum atomic E-state index is -4.34. The maximum Gasteiger partial charge on any atom is 0.416 e. The summed E-state index contributed by atoms with van der Waals surface area (Å²) in [5.41, 5.74) is 0.862. The van der Waals surface area contributed by atoms with Gasteiger partial charge >= 0.3 is 6.18 Å². The molecule has 0 radical (unpaired) electrons. The summed E-state index contributed by atoms with van der Waals surface area (Å²) in [6.07, 6.45) is -4.34. The predicted octanol–water partition coefficient (Wildman–Crippen LogP) is 4.19. The van der Waals surface area contributed by atoms with E-state index >= 15 is 0 Å². The largest absolute Gasteiger partial charge is 0.416 e. The Labute approximate surface area is 155 Å². The van der Waals surface area contributed by atoms with E-state index < -0.39 is 11.7 Å². The van der Waals surface area contributed by atoms with Crippen molar-refractivity contribution in [2.24, 2.45) is 0 Å². The molecule has 2 aromatic carbocycles. The van der Waals surface area contributed by atoms with Gasteiger partial charge in [0.25, 0.3) is 0 Å². The third-order valence-electron chi connectivity index (χ3n) is 5.13. The van der Waals surface area contributed by atoms with Gasteiger partial charge in [-0.15, -0.1) is 5.10 Å². The number of hydrogen-bond donors (Lipinski definition) is 0. The zero-order valence-electron chi connectivity index (χ0n) is 15.1. The van der Waals surface area contributed by atoms with Crippen LogP contribution in [-0.4, -0.2) is 47.4 Å². The molecule has 0 saturated carbocycles. The summed E-state index contributed by atoms with van der Waals surface area (Å²) in [4.78, 5) is 4.65. The van der Waals surface area contributed by atoms with Gasteiger partial charge in [0.05, 0.1) is 16.8 Å². The predicted molar refractivity (Wildman–Crippen MR) is 100 cm³/mol. The zero-order valence-corrected chi connectivity index (χ0v) is 15.1. The Hall–Kier alpha value is -2.54. The molecule has 3 aromatic rings. The van der Waals surface area contributed by atoms with E-state index in [0.717, 1.165) is 61.6 Å². The number of fused-ring (bicyclic) bond motifs is 1. The summed E-state index contributed by atoms with van der Waals surface area (Å²) < 4.78 is 40.3. The quantitative estimate of drug-likeness (QED) is 0.687. The molecule has 0 amide bonds. The average molecular weight is 374 g/mol. The highest BCUT2D eigenvalue weighted by molar-refractivity contribution is 5.91.